The lowest BCUT2D eigenvalue weighted by Crippen LogP contribution is -2.37. The molecule has 0 radical (unpaired) electrons. The summed E-state index contributed by atoms with van der Waals surface area (Å²) in [7, 11) is -1.37. The third-order valence-electron chi connectivity index (χ3n) is 6.33. The van der Waals surface area contributed by atoms with Crippen LogP contribution >= 0.6 is 0 Å². The number of carboxylic acids is 1. The summed E-state index contributed by atoms with van der Waals surface area (Å²) >= 11 is 0. The Balaban J connectivity index is 1.81. The van der Waals surface area contributed by atoms with Crippen LogP contribution in [0.4, 0.5) is 4.39 Å². The van der Waals surface area contributed by atoms with Crippen molar-refractivity contribution in [1.82, 2.24) is 4.90 Å². The summed E-state index contributed by atoms with van der Waals surface area (Å²) in [6.45, 7) is 5.76. The number of benzene rings is 1. The highest BCUT2D eigenvalue weighted by Gasteiger charge is 2.39. The third-order valence-corrected chi connectivity index (χ3v) is 6.33. The molecule has 5 nitrogen and oxygen atoms in total. The minimum absolute atomic E-state index is 0.0331. The largest absolute Gasteiger partial charge is 0.481 e. The van der Waals surface area contributed by atoms with Gasteiger partial charge in [-0.1, -0.05) is 12.5 Å². The van der Waals surface area contributed by atoms with E-state index in [2.05, 4.69) is 18.7 Å². The summed E-state index contributed by atoms with van der Waals surface area (Å²) in [5, 5.41) is 27.8. The number of rotatable bonds is 7. The molecule has 0 bridgehead atoms. The molecule has 2 aliphatic rings. The van der Waals surface area contributed by atoms with E-state index in [4.69, 9.17) is 10.0 Å². The van der Waals surface area contributed by atoms with Crippen LogP contribution in [0, 0.1) is 11.7 Å². The number of carbonyl (C=O) groups is 1. The SMILES string of the molecule is CC1(C)CCCN1Cc1cc2c(cc1F)C[C@H](CCCB(O)O)[C@@H]2C(=O)O. The van der Waals surface area contributed by atoms with Crippen LogP contribution in [-0.2, 0) is 17.8 Å². The second-order valence-electron chi connectivity index (χ2n) is 8.67. The molecule has 3 rings (SSSR count). The Morgan fingerprint density at radius 1 is 1.37 bits per heavy atom. The van der Waals surface area contributed by atoms with Gasteiger partial charge in [0.25, 0.3) is 0 Å². The van der Waals surface area contributed by atoms with Crippen LogP contribution in [0.1, 0.15) is 62.1 Å². The first-order valence-electron chi connectivity index (χ1n) is 9.84. The Kier molecular flexibility index (Phi) is 5.94. The average molecular weight is 377 g/mol. The van der Waals surface area contributed by atoms with Crippen LogP contribution in [0.15, 0.2) is 12.1 Å². The van der Waals surface area contributed by atoms with E-state index >= 15 is 0 Å². The Morgan fingerprint density at radius 3 is 2.70 bits per heavy atom. The van der Waals surface area contributed by atoms with E-state index < -0.39 is 19.0 Å². The predicted molar refractivity (Wildman–Crippen MR) is 102 cm³/mol. The first kappa shape index (κ1) is 20.3. The zero-order valence-corrected chi connectivity index (χ0v) is 16.1. The molecule has 1 saturated heterocycles. The number of halogens is 1. The van der Waals surface area contributed by atoms with Crippen LogP contribution in [0.2, 0.25) is 6.32 Å². The van der Waals surface area contributed by atoms with Crippen LogP contribution in [0.25, 0.3) is 0 Å². The van der Waals surface area contributed by atoms with E-state index in [1.54, 1.807) is 6.07 Å². The van der Waals surface area contributed by atoms with Crippen LogP contribution in [0.3, 0.4) is 0 Å². The molecule has 2 atom stereocenters. The van der Waals surface area contributed by atoms with Crippen LogP contribution in [-0.4, -0.2) is 45.2 Å². The molecule has 0 aromatic heterocycles. The predicted octanol–water partition coefficient (Wildman–Crippen LogP) is 2.79. The van der Waals surface area contributed by atoms with Gasteiger partial charge in [0.15, 0.2) is 0 Å². The van der Waals surface area contributed by atoms with Crippen molar-refractivity contribution < 1.29 is 24.3 Å². The quantitative estimate of drug-likeness (QED) is 0.637. The second-order valence-corrected chi connectivity index (χ2v) is 8.67. The topological polar surface area (TPSA) is 81.0 Å². The van der Waals surface area contributed by atoms with Crippen molar-refractivity contribution in [2.24, 2.45) is 5.92 Å². The Morgan fingerprint density at radius 2 is 2.11 bits per heavy atom. The lowest BCUT2D eigenvalue weighted by atomic mass is 9.80. The summed E-state index contributed by atoms with van der Waals surface area (Å²) in [4.78, 5) is 14.2. The molecular weight excluding hydrogens is 348 g/mol. The van der Waals surface area contributed by atoms with Gasteiger partial charge in [-0.25, -0.2) is 4.39 Å². The Labute approximate surface area is 160 Å². The molecule has 1 fully saturated rings. The Bertz CT molecular complexity index is 709. The molecule has 27 heavy (non-hydrogen) atoms. The molecule has 1 heterocycles. The van der Waals surface area contributed by atoms with Gasteiger partial charge >= 0.3 is 13.1 Å². The zero-order chi connectivity index (χ0) is 19.8. The van der Waals surface area contributed by atoms with Crippen molar-refractivity contribution in [3.63, 3.8) is 0 Å². The fourth-order valence-corrected chi connectivity index (χ4v) is 4.75. The van der Waals surface area contributed by atoms with Crippen molar-refractivity contribution in [1.29, 1.82) is 0 Å². The smallest absolute Gasteiger partial charge is 0.451 e. The van der Waals surface area contributed by atoms with E-state index in [-0.39, 0.29) is 23.6 Å². The number of nitrogens with zero attached hydrogens (tertiary/aromatic N) is 1. The third kappa shape index (κ3) is 4.36. The van der Waals surface area contributed by atoms with Crippen molar-refractivity contribution in [3.05, 3.63) is 34.6 Å². The average Bonchev–Trinajstić information content (AvgIpc) is 3.07. The van der Waals surface area contributed by atoms with Gasteiger partial charge in [-0.15, -0.1) is 0 Å². The number of aliphatic carboxylic acids is 1. The maximum Gasteiger partial charge on any atom is 0.451 e. The number of carboxylic acid groups (broad SMARTS) is 1. The first-order chi connectivity index (χ1) is 12.7. The van der Waals surface area contributed by atoms with Gasteiger partial charge < -0.3 is 15.2 Å². The maximum absolute atomic E-state index is 14.7. The summed E-state index contributed by atoms with van der Waals surface area (Å²) in [6, 6.07) is 3.28. The van der Waals surface area contributed by atoms with Crippen molar-refractivity contribution in [3.8, 4) is 0 Å². The monoisotopic (exact) mass is 377 g/mol. The summed E-state index contributed by atoms with van der Waals surface area (Å²) < 4.78 is 14.7. The number of fused-ring (bicyclic) bond motifs is 1. The van der Waals surface area contributed by atoms with Crippen molar-refractivity contribution in [2.75, 3.05) is 6.54 Å². The lowest BCUT2D eigenvalue weighted by molar-refractivity contribution is -0.139. The van der Waals surface area contributed by atoms with Gasteiger partial charge in [0.1, 0.15) is 5.82 Å². The van der Waals surface area contributed by atoms with E-state index in [1.807, 2.05) is 0 Å². The Hall–Kier alpha value is -1.44. The minimum Gasteiger partial charge on any atom is -0.481 e. The van der Waals surface area contributed by atoms with Crippen LogP contribution in [0.5, 0.6) is 0 Å². The molecule has 148 valence electrons. The molecular formula is C20H29BFNO4. The van der Waals surface area contributed by atoms with Gasteiger partial charge in [0, 0.05) is 17.6 Å². The van der Waals surface area contributed by atoms with E-state index in [0.717, 1.165) is 30.5 Å². The van der Waals surface area contributed by atoms with E-state index in [1.165, 1.54) is 6.07 Å². The molecule has 0 spiro atoms. The molecule has 0 unspecified atom stereocenters. The van der Waals surface area contributed by atoms with E-state index in [9.17, 15) is 14.3 Å². The van der Waals surface area contributed by atoms with Gasteiger partial charge in [-0.3, -0.25) is 9.69 Å². The van der Waals surface area contributed by atoms with Gasteiger partial charge in [0.05, 0.1) is 5.92 Å². The number of hydrogen-bond acceptors (Lipinski definition) is 4. The molecule has 1 aliphatic heterocycles. The van der Waals surface area contributed by atoms with Crippen molar-refractivity contribution >= 4 is 13.1 Å². The van der Waals surface area contributed by atoms with Gasteiger partial charge in [-0.2, -0.15) is 0 Å². The highest BCUT2D eigenvalue weighted by molar-refractivity contribution is 6.40. The second kappa shape index (κ2) is 7.90. The fourth-order valence-electron chi connectivity index (χ4n) is 4.75. The molecule has 1 aromatic rings. The van der Waals surface area contributed by atoms with E-state index in [0.29, 0.717) is 31.4 Å². The standard InChI is InChI=1S/C20H29BFNO4/c1-20(2)6-4-8-23(20)12-15-10-16-14(11-17(15)22)9-13(18(16)19(24)25)5-3-7-21(26)27/h10-11,13,18,26-27H,3-9,12H2,1-2H3,(H,24,25)/t13-,18-/m0/s1. The highest BCUT2D eigenvalue weighted by Crippen LogP contribution is 2.42. The molecule has 7 heteroatoms. The van der Waals surface area contributed by atoms with Crippen LogP contribution < -0.4 is 0 Å². The molecule has 0 saturated carbocycles. The molecule has 1 aliphatic carbocycles. The molecule has 3 N–H and O–H groups in total. The first-order valence-corrected chi connectivity index (χ1v) is 9.84. The summed E-state index contributed by atoms with van der Waals surface area (Å²) in [6.07, 6.45) is 4.05. The lowest BCUT2D eigenvalue weighted by Gasteiger charge is -2.31. The number of hydrogen-bond donors (Lipinski definition) is 3. The van der Waals surface area contributed by atoms with Crippen molar-refractivity contribution in [2.45, 2.75) is 70.3 Å². The highest BCUT2D eigenvalue weighted by atomic mass is 19.1. The fraction of sp³-hybridized carbons (Fsp3) is 0.650. The summed E-state index contributed by atoms with van der Waals surface area (Å²) in [5.74, 6) is -1.93. The maximum atomic E-state index is 14.7. The summed E-state index contributed by atoms with van der Waals surface area (Å²) in [5.41, 5.74) is 2.11. The number of likely N-dealkylation sites (tertiary alicyclic amines) is 1. The van der Waals surface area contributed by atoms with Gasteiger partial charge in [-0.05, 0) is 75.5 Å². The van der Waals surface area contributed by atoms with Gasteiger partial charge in [0.2, 0.25) is 0 Å². The zero-order valence-electron chi connectivity index (χ0n) is 16.1. The normalized spacial score (nSPS) is 24.2. The molecule has 0 amide bonds. The molecule has 1 aromatic carbocycles. The minimum atomic E-state index is -1.37.